The lowest BCUT2D eigenvalue weighted by molar-refractivity contribution is -0.386. The topological polar surface area (TPSA) is 78.6 Å². The van der Waals surface area contributed by atoms with Gasteiger partial charge in [0.25, 0.3) is 0 Å². The van der Waals surface area contributed by atoms with Gasteiger partial charge in [-0.3, -0.25) is 15.0 Å². The predicted octanol–water partition coefficient (Wildman–Crippen LogP) is 3.65. The number of aromatic hydroxyl groups is 1. The fourth-order valence-electron chi connectivity index (χ4n) is 3.13. The average molecular weight is 443 g/mol. The van der Waals surface area contributed by atoms with Crippen LogP contribution in [-0.2, 0) is 0 Å². The molecule has 2 aliphatic rings. The minimum Gasteiger partial charge on any atom is -0.502 e. The van der Waals surface area contributed by atoms with Crippen LogP contribution in [-0.4, -0.2) is 41.1 Å². The Balaban J connectivity index is 0.00000144. The minimum absolute atomic E-state index is 0. The van der Waals surface area contributed by atoms with Gasteiger partial charge in [-0.25, -0.2) is 0 Å². The maximum absolute atomic E-state index is 11.2. The van der Waals surface area contributed by atoms with Gasteiger partial charge in [0.2, 0.25) is 0 Å². The van der Waals surface area contributed by atoms with Crippen molar-refractivity contribution in [2.75, 3.05) is 26.2 Å². The molecule has 9 heteroatoms. The number of rotatable bonds is 5. The van der Waals surface area contributed by atoms with Gasteiger partial charge in [0.05, 0.1) is 4.92 Å². The summed E-state index contributed by atoms with van der Waals surface area (Å²) in [5, 5.41) is 24.9. The number of nitro benzene ring substituents is 1. The number of halogens is 3. The molecule has 0 bridgehead atoms. The monoisotopic (exact) mass is 441 g/mol. The zero-order valence-corrected chi connectivity index (χ0v) is 16.3. The van der Waals surface area contributed by atoms with Crippen molar-refractivity contribution in [3.8, 4) is 5.75 Å². The maximum atomic E-state index is 11.2. The lowest BCUT2D eigenvalue weighted by atomic mass is 9.97. The highest BCUT2D eigenvalue weighted by atomic mass is 79.9. The van der Waals surface area contributed by atoms with Gasteiger partial charge >= 0.3 is 5.69 Å². The lowest BCUT2D eigenvalue weighted by Gasteiger charge is -2.35. The molecule has 3 rings (SSSR count). The molecule has 1 aliphatic carbocycles. The number of nitrogens with zero attached hydrogens (tertiary/aromatic N) is 2. The third-order valence-electron chi connectivity index (χ3n) is 4.49. The van der Waals surface area contributed by atoms with Crippen LogP contribution >= 0.6 is 40.7 Å². The Hall–Kier alpha value is -0.600. The van der Waals surface area contributed by atoms with Crippen molar-refractivity contribution in [3.05, 3.63) is 32.3 Å². The van der Waals surface area contributed by atoms with E-state index in [1.165, 1.54) is 18.9 Å². The van der Waals surface area contributed by atoms with Crippen molar-refractivity contribution < 1.29 is 10.0 Å². The summed E-state index contributed by atoms with van der Waals surface area (Å²) in [6, 6.07) is 3.24. The van der Waals surface area contributed by atoms with Gasteiger partial charge in [0.15, 0.2) is 5.75 Å². The number of nitrogens with one attached hydrogen (secondary N) is 1. The van der Waals surface area contributed by atoms with Gasteiger partial charge < -0.3 is 10.4 Å². The molecule has 1 saturated heterocycles. The van der Waals surface area contributed by atoms with E-state index < -0.39 is 4.92 Å². The zero-order chi connectivity index (χ0) is 15.7. The first-order valence-electron chi connectivity index (χ1n) is 7.68. The molecule has 1 aromatic carbocycles. The summed E-state index contributed by atoms with van der Waals surface area (Å²) < 4.78 is 0.642. The number of hydrogen-bond donors (Lipinski definition) is 2. The Morgan fingerprint density at radius 2 is 1.96 bits per heavy atom. The van der Waals surface area contributed by atoms with Crippen LogP contribution < -0.4 is 5.32 Å². The van der Waals surface area contributed by atoms with E-state index in [-0.39, 0.29) is 42.3 Å². The van der Waals surface area contributed by atoms with Crippen LogP contribution in [0.15, 0.2) is 16.6 Å². The summed E-state index contributed by atoms with van der Waals surface area (Å²) in [6.07, 6.45) is 3.40. The number of piperazine rings is 1. The Morgan fingerprint density at radius 1 is 1.33 bits per heavy atom. The van der Waals surface area contributed by atoms with Crippen LogP contribution in [0.2, 0.25) is 0 Å². The number of phenols is 1. The first-order chi connectivity index (χ1) is 10.6. The van der Waals surface area contributed by atoms with Crippen molar-refractivity contribution in [2.45, 2.75) is 25.3 Å². The van der Waals surface area contributed by atoms with E-state index in [2.05, 4.69) is 26.1 Å². The van der Waals surface area contributed by atoms with E-state index in [0.29, 0.717) is 16.0 Å². The summed E-state index contributed by atoms with van der Waals surface area (Å²) in [5.41, 5.74) is 0.454. The molecule has 0 unspecified atom stereocenters. The molecule has 6 nitrogen and oxygen atoms in total. The fraction of sp³-hybridized carbons (Fsp3) is 0.600. The normalized spacial score (nSPS) is 19.0. The molecule has 1 aliphatic heterocycles. The maximum Gasteiger partial charge on any atom is 0.312 e. The van der Waals surface area contributed by atoms with Crippen LogP contribution in [0.25, 0.3) is 0 Å². The third kappa shape index (κ3) is 4.95. The summed E-state index contributed by atoms with van der Waals surface area (Å²) in [4.78, 5) is 13.0. The van der Waals surface area contributed by atoms with Gasteiger partial charge in [-0.2, -0.15) is 0 Å². The molecule has 1 atom stereocenters. The van der Waals surface area contributed by atoms with Crippen LogP contribution in [0, 0.1) is 16.0 Å². The van der Waals surface area contributed by atoms with Crippen molar-refractivity contribution in [1.29, 1.82) is 0 Å². The number of phenolic OH excluding ortho intramolecular Hbond substituents is 1. The van der Waals surface area contributed by atoms with Crippen LogP contribution in [0.5, 0.6) is 5.75 Å². The number of benzene rings is 1. The standard InChI is InChI=1S/C15H20BrN3O3.2ClH/c16-11-8-12(15(20)14(9-11)19(21)22)13(7-10-1-2-10)18-5-3-17-4-6-18;;/h8-10,13,17,20H,1-7H2;2*1H/t13-;;/m1../s1. The average Bonchev–Trinajstić information content (AvgIpc) is 3.32. The number of hydrogen-bond acceptors (Lipinski definition) is 5. The van der Waals surface area contributed by atoms with Crippen molar-refractivity contribution >= 4 is 46.4 Å². The van der Waals surface area contributed by atoms with Gasteiger partial charge in [-0.15, -0.1) is 24.8 Å². The second-order valence-electron chi connectivity index (χ2n) is 6.10. The molecule has 1 saturated carbocycles. The lowest BCUT2D eigenvalue weighted by Crippen LogP contribution is -2.45. The first kappa shape index (κ1) is 21.4. The Bertz CT molecular complexity index is 581. The molecule has 2 N–H and O–H groups in total. The summed E-state index contributed by atoms with van der Waals surface area (Å²) in [5.74, 6) is 0.495. The summed E-state index contributed by atoms with van der Waals surface area (Å²) in [7, 11) is 0. The predicted molar refractivity (Wildman–Crippen MR) is 101 cm³/mol. The molecule has 24 heavy (non-hydrogen) atoms. The molecule has 1 heterocycles. The van der Waals surface area contributed by atoms with E-state index in [1.807, 2.05) is 6.07 Å². The fourth-order valence-corrected chi connectivity index (χ4v) is 3.60. The molecular formula is C15H22BrCl2N3O3. The Labute approximate surface area is 162 Å². The van der Waals surface area contributed by atoms with Crippen LogP contribution in [0.3, 0.4) is 0 Å². The molecule has 136 valence electrons. The highest BCUT2D eigenvalue weighted by Gasteiger charge is 2.33. The van der Waals surface area contributed by atoms with Crippen LogP contribution in [0.1, 0.15) is 30.9 Å². The van der Waals surface area contributed by atoms with E-state index in [0.717, 1.165) is 32.6 Å². The molecule has 2 fully saturated rings. The second-order valence-corrected chi connectivity index (χ2v) is 7.02. The second kappa shape index (κ2) is 9.20. The minimum atomic E-state index is -0.518. The smallest absolute Gasteiger partial charge is 0.312 e. The molecule has 0 spiro atoms. The van der Waals surface area contributed by atoms with Crippen molar-refractivity contribution in [1.82, 2.24) is 10.2 Å². The number of nitro groups is 1. The van der Waals surface area contributed by atoms with Crippen molar-refractivity contribution in [3.63, 3.8) is 0 Å². The van der Waals surface area contributed by atoms with Gasteiger partial charge in [-0.1, -0.05) is 28.8 Å². The molecule has 1 aromatic rings. The van der Waals surface area contributed by atoms with Gasteiger partial charge in [0.1, 0.15) is 0 Å². The van der Waals surface area contributed by atoms with Crippen molar-refractivity contribution in [2.24, 2.45) is 5.92 Å². The highest BCUT2D eigenvalue weighted by molar-refractivity contribution is 9.10. The van der Waals surface area contributed by atoms with Gasteiger partial charge in [-0.05, 0) is 18.4 Å². The Morgan fingerprint density at radius 3 is 2.50 bits per heavy atom. The van der Waals surface area contributed by atoms with E-state index in [1.54, 1.807) is 0 Å². The quantitative estimate of drug-likeness (QED) is 0.537. The SMILES string of the molecule is Cl.Cl.O=[N+]([O-])c1cc(Br)cc([C@@H](CC2CC2)N2CCNCC2)c1O. The Kier molecular flexibility index (Phi) is 8.22. The molecular weight excluding hydrogens is 421 g/mol. The molecule has 0 radical (unpaired) electrons. The molecule has 0 amide bonds. The first-order valence-corrected chi connectivity index (χ1v) is 8.47. The van der Waals surface area contributed by atoms with E-state index in [4.69, 9.17) is 0 Å². The van der Waals surface area contributed by atoms with E-state index in [9.17, 15) is 15.2 Å². The largest absolute Gasteiger partial charge is 0.502 e. The zero-order valence-electron chi connectivity index (χ0n) is 13.1. The summed E-state index contributed by atoms with van der Waals surface area (Å²) >= 11 is 3.34. The third-order valence-corrected chi connectivity index (χ3v) is 4.94. The van der Waals surface area contributed by atoms with E-state index >= 15 is 0 Å². The van der Waals surface area contributed by atoms with Crippen LogP contribution in [0.4, 0.5) is 5.69 Å². The van der Waals surface area contributed by atoms with Gasteiger partial charge in [0, 0.05) is 48.3 Å². The highest BCUT2D eigenvalue weighted by Crippen LogP contribution is 2.45. The molecule has 0 aromatic heterocycles. The summed E-state index contributed by atoms with van der Waals surface area (Å²) in [6.45, 7) is 3.63.